The third-order valence-corrected chi connectivity index (χ3v) is 11.4. The summed E-state index contributed by atoms with van der Waals surface area (Å²) in [5.74, 6) is -1.99. The van der Waals surface area contributed by atoms with E-state index in [0.29, 0.717) is 12.0 Å². The lowest BCUT2D eigenvalue weighted by molar-refractivity contribution is -0.230. The van der Waals surface area contributed by atoms with Crippen LogP contribution in [0, 0.1) is 45.8 Å². The van der Waals surface area contributed by atoms with E-state index in [1.54, 1.807) is 32.4 Å². The molecule has 0 amide bonds. The minimum Gasteiger partial charge on any atom is -0.472 e. The van der Waals surface area contributed by atoms with E-state index < -0.39 is 40.8 Å². The lowest BCUT2D eigenvalue weighted by Gasteiger charge is -2.66. The first kappa shape index (κ1) is 28.6. The van der Waals surface area contributed by atoms with Crippen LogP contribution in [-0.4, -0.2) is 36.9 Å². The van der Waals surface area contributed by atoms with Crippen LogP contribution in [-0.2, 0) is 33.4 Å². The van der Waals surface area contributed by atoms with Gasteiger partial charge in [0, 0.05) is 40.2 Å². The average molecular weight is 555 g/mol. The van der Waals surface area contributed by atoms with Crippen molar-refractivity contribution in [3.63, 3.8) is 0 Å². The first-order valence-electron chi connectivity index (χ1n) is 14.5. The molecule has 0 N–H and O–H groups in total. The van der Waals surface area contributed by atoms with Crippen LogP contribution in [0.15, 0.2) is 34.7 Å². The number of carbonyl (C=O) groups is 4. The summed E-state index contributed by atoms with van der Waals surface area (Å²) < 4.78 is 22.6. The predicted molar refractivity (Wildman–Crippen MR) is 144 cm³/mol. The number of methoxy groups -OCH3 is 1. The number of esters is 3. The number of rotatable bonds is 5. The molecule has 218 valence electrons. The number of carbonyl (C=O) groups excluding carboxylic acids is 4. The molecule has 0 spiro atoms. The molecule has 8 nitrogen and oxygen atoms in total. The minimum absolute atomic E-state index is 0.0203. The van der Waals surface area contributed by atoms with Gasteiger partial charge in [-0.2, -0.15) is 0 Å². The normalized spacial score (nSPS) is 40.4. The van der Waals surface area contributed by atoms with Crippen molar-refractivity contribution in [3.05, 3.63) is 35.8 Å². The molecular weight excluding hydrogens is 512 g/mol. The molecule has 2 heterocycles. The second-order valence-electron chi connectivity index (χ2n) is 13.5. The van der Waals surface area contributed by atoms with Crippen molar-refractivity contribution in [2.45, 2.75) is 85.9 Å². The molecule has 1 unspecified atom stereocenters. The van der Waals surface area contributed by atoms with E-state index in [0.717, 1.165) is 18.4 Å². The number of ketones is 1. The van der Waals surface area contributed by atoms with Gasteiger partial charge in [-0.15, -0.1) is 0 Å². The highest BCUT2D eigenvalue weighted by Gasteiger charge is 2.71. The summed E-state index contributed by atoms with van der Waals surface area (Å²) in [6, 6.07) is 1.85. The fourth-order valence-electron chi connectivity index (χ4n) is 9.23. The molecule has 9 atom stereocenters. The van der Waals surface area contributed by atoms with Crippen molar-refractivity contribution >= 4 is 23.7 Å². The van der Waals surface area contributed by atoms with E-state index in [1.807, 2.05) is 26.8 Å². The summed E-state index contributed by atoms with van der Waals surface area (Å²) in [5, 5.41) is 0. The maximum atomic E-state index is 14.5. The van der Waals surface area contributed by atoms with E-state index in [-0.39, 0.29) is 53.7 Å². The Kier molecular flexibility index (Phi) is 7.07. The van der Waals surface area contributed by atoms with Crippen LogP contribution in [0.3, 0.4) is 0 Å². The molecule has 1 saturated heterocycles. The van der Waals surface area contributed by atoms with Crippen molar-refractivity contribution in [1.82, 2.24) is 0 Å². The molecule has 40 heavy (non-hydrogen) atoms. The molecule has 3 saturated carbocycles. The average Bonchev–Trinajstić information content (AvgIpc) is 3.45. The molecule has 1 aromatic heterocycles. The van der Waals surface area contributed by atoms with Gasteiger partial charge in [-0.1, -0.05) is 33.8 Å². The van der Waals surface area contributed by atoms with Crippen LogP contribution in [0.25, 0.3) is 0 Å². The molecular formula is C32H42O8. The fourth-order valence-corrected chi connectivity index (χ4v) is 9.23. The maximum absolute atomic E-state index is 14.5. The molecule has 1 aliphatic heterocycles. The first-order chi connectivity index (χ1) is 18.8. The summed E-state index contributed by atoms with van der Waals surface area (Å²) >= 11 is 0. The van der Waals surface area contributed by atoms with Gasteiger partial charge in [0.25, 0.3) is 0 Å². The Bertz CT molecular complexity index is 1230. The third kappa shape index (κ3) is 4.07. The highest BCUT2D eigenvalue weighted by molar-refractivity contribution is 5.92. The summed E-state index contributed by atoms with van der Waals surface area (Å²) in [6.07, 6.45) is 6.21. The SMILES string of the molecule is CC=C(C)C(=O)O[C@@H]1[C@@H]2C[C@H]3C(CC[C@@]4(C)[C@H](c5ccoc5)OC(=O)C[C@@H]34)[C@@](C)(C2=O)[C@@H](CC(=O)OC)C1(C)C. The third-order valence-electron chi connectivity index (χ3n) is 11.4. The van der Waals surface area contributed by atoms with Crippen LogP contribution >= 0.6 is 0 Å². The fraction of sp³-hybridized carbons (Fsp3) is 0.688. The van der Waals surface area contributed by atoms with Crippen LogP contribution in [0.1, 0.15) is 85.3 Å². The molecule has 0 radical (unpaired) electrons. The van der Waals surface area contributed by atoms with E-state index in [2.05, 4.69) is 6.92 Å². The summed E-state index contributed by atoms with van der Waals surface area (Å²) in [4.78, 5) is 53.4. The number of allylic oxidation sites excluding steroid dienone is 1. The second kappa shape index (κ2) is 9.88. The van der Waals surface area contributed by atoms with Crippen molar-refractivity contribution in [2.24, 2.45) is 45.8 Å². The van der Waals surface area contributed by atoms with E-state index in [4.69, 9.17) is 18.6 Å². The highest BCUT2D eigenvalue weighted by Crippen LogP contribution is 2.70. The van der Waals surface area contributed by atoms with Gasteiger partial charge in [-0.3, -0.25) is 14.4 Å². The number of hydrogen-bond donors (Lipinski definition) is 0. The summed E-state index contributed by atoms with van der Waals surface area (Å²) in [5.41, 5.74) is -0.529. The Balaban J connectivity index is 1.61. The molecule has 4 aliphatic rings. The second-order valence-corrected chi connectivity index (χ2v) is 13.5. The van der Waals surface area contributed by atoms with E-state index in [1.165, 1.54) is 7.11 Å². The molecule has 1 aromatic rings. The first-order valence-corrected chi connectivity index (χ1v) is 14.5. The molecule has 5 rings (SSSR count). The zero-order chi connectivity index (χ0) is 29.2. The Morgan fingerprint density at radius 1 is 1.15 bits per heavy atom. The molecule has 0 aromatic carbocycles. The van der Waals surface area contributed by atoms with Gasteiger partial charge in [0.1, 0.15) is 18.0 Å². The van der Waals surface area contributed by atoms with Crippen LogP contribution in [0.5, 0.6) is 0 Å². The standard InChI is InChI=1S/C32H42O8/c1-8-17(2)29(36)40-28-20-13-19-21(32(6,26(20)35)23(30(28,3)4)15-24(33)37-7)9-11-31(5)22(19)14-25(34)39-27(31)18-10-12-38-16-18/h8,10,12,16,19-23,27-28H,9,11,13-15H2,1-7H3/t19-,20+,21?,22-,23-,27-,28+,31+,32+/m0/s1. The number of Topliss-reactive ketones (excluding diaryl/α,β-unsaturated/α-hetero) is 1. The number of cyclic esters (lactones) is 1. The Labute approximate surface area is 236 Å². The van der Waals surface area contributed by atoms with Crippen molar-refractivity contribution in [1.29, 1.82) is 0 Å². The van der Waals surface area contributed by atoms with Crippen molar-refractivity contribution in [2.75, 3.05) is 7.11 Å². The zero-order valence-electron chi connectivity index (χ0n) is 24.7. The maximum Gasteiger partial charge on any atom is 0.333 e. The van der Waals surface area contributed by atoms with Gasteiger partial charge in [-0.05, 0) is 62.8 Å². The van der Waals surface area contributed by atoms with Gasteiger partial charge < -0.3 is 18.6 Å². The molecule has 8 heteroatoms. The quantitative estimate of drug-likeness (QED) is 0.263. The monoisotopic (exact) mass is 554 g/mol. The largest absolute Gasteiger partial charge is 0.472 e. The summed E-state index contributed by atoms with van der Waals surface area (Å²) in [7, 11) is 1.36. The van der Waals surface area contributed by atoms with Crippen LogP contribution in [0.2, 0.25) is 0 Å². The van der Waals surface area contributed by atoms with E-state index >= 15 is 0 Å². The van der Waals surface area contributed by atoms with E-state index in [9.17, 15) is 19.2 Å². The zero-order valence-corrected chi connectivity index (χ0v) is 24.7. The smallest absolute Gasteiger partial charge is 0.333 e. The number of fused-ring (bicyclic) bond motifs is 6. The number of hydrogen-bond acceptors (Lipinski definition) is 8. The van der Waals surface area contributed by atoms with Crippen molar-refractivity contribution < 1.29 is 37.8 Å². The molecule has 2 bridgehead atoms. The minimum atomic E-state index is -0.836. The summed E-state index contributed by atoms with van der Waals surface area (Å²) in [6.45, 7) is 11.7. The predicted octanol–water partition coefficient (Wildman–Crippen LogP) is 5.61. The Hall–Kier alpha value is -2.90. The van der Waals surface area contributed by atoms with Gasteiger partial charge in [0.15, 0.2) is 0 Å². The van der Waals surface area contributed by atoms with Crippen LogP contribution < -0.4 is 0 Å². The topological polar surface area (TPSA) is 109 Å². The molecule has 4 fully saturated rings. The van der Waals surface area contributed by atoms with Gasteiger partial charge >= 0.3 is 17.9 Å². The van der Waals surface area contributed by atoms with Crippen molar-refractivity contribution in [3.8, 4) is 0 Å². The van der Waals surface area contributed by atoms with Gasteiger partial charge in [0.2, 0.25) is 0 Å². The van der Waals surface area contributed by atoms with Gasteiger partial charge in [-0.25, -0.2) is 4.79 Å². The van der Waals surface area contributed by atoms with Crippen LogP contribution in [0.4, 0.5) is 0 Å². The highest BCUT2D eigenvalue weighted by atomic mass is 16.6. The number of furan rings is 1. The Morgan fingerprint density at radius 2 is 1.88 bits per heavy atom. The lowest BCUT2D eigenvalue weighted by Crippen LogP contribution is -2.69. The Morgan fingerprint density at radius 3 is 2.50 bits per heavy atom. The lowest BCUT2D eigenvalue weighted by atomic mass is 9.37. The van der Waals surface area contributed by atoms with Gasteiger partial charge in [0.05, 0.1) is 25.6 Å². The molecule has 3 aliphatic carbocycles. The number of ether oxygens (including phenoxy) is 3.